The number of likely N-dealkylation sites (N-methyl/N-ethyl adjacent to an activating group) is 1. The van der Waals surface area contributed by atoms with Gasteiger partial charge in [0.2, 0.25) is 5.91 Å². The number of methoxy groups -OCH3 is 2. The fraction of sp³-hybridized carbons (Fsp3) is 0.190. The predicted octanol–water partition coefficient (Wildman–Crippen LogP) is 3.93. The Morgan fingerprint density at radius 2 is 1.58 bits per heavy atom. The van der Waals surface area contributed by atoms with E-state index in [-0.39, 0.29) is 12.5 Å². The molecule has 0 unspecified atom stereocenters. The van der Waals surface area contributed by atoms with Crippen molar-refractivity contribution in [2.75, 3.05) is 38.0 Å². The van der Waals surface area contributed by atoms with Gasteiger partial charge in [0.15, 0.2) is 0 Å². The second kappa shape index (κ2) is 7.78. The van der Waals surface area contributed by atoms with Gasteiger partial charge in [-0.05, 0) is 22.9 Å². The zero-order valence-electron chi connectivity index (χ0n) is 15.2. The Hall–Kier alpha value is -3.21. The van der Waals surface area contributed by atoms with Crippen LogP contribution in [0.3, 0.4) is 0 Å². The van der Waals surface area contributed by atoms with E-state index in [2.05, 4.69) is 29.6 Å². The molecule has 0 fully saturated rings. The summed E-state index contributed by atoms with van der Waals surface area (Å²) in [5.74, 6) is 1.14. The van der Waals surface area contributed by atoms with Crippen LogP contribution in [-0.4, -0.2) is 33.7 Å². The molecule has 134 valence electrons. The topological polar surface area (TPSA) is 50.8 Å². The Bertz CT molecular complexity index is 902. The molecule has 26 heavy (non-hydrogen) atoms. The van der Waals surface area contributed by atoms with Crippen molar-refractivity contribution in [2.24, 2.45) is 0 Å². The number of nitrogens with one attached hydrogen (secondary N) is 1. The molecule has 0 atom stereocenters. The lowest BCUT2D eigenvalue weighted by atomic mass is 10.1. The van der Waals surface area contributed by atoms with Crippen LogP contribution in [0, 0.1) is 0 Å². The quantitative estimate of drug-likeness (QED) is 0.732. The van der Waals surface area contributed by atoms with Crippen LogP contribution in [0.4, 0.5) is 11.4 Å². The molecule has 3 rings (SSSR count). The molecule has 0 saturated carbocycles. The van der Waals surface area contributed by atoms with Crippen molar-refractivity contribution in [3.05, 3.63) is 60.7 Å². The Morgan fingerprint density at radius 3 is 2.23 bits per heavy atom. The van der Waals surface area contributed by atoms with Crippen molar-refractivity contribution in [1.82, 2.24) is 0 Å². The number of anilines is 2. The second-order valence-electron chi connectivity index (χ2n) is 6.04. The molecule has 3 aromatic rings. The molecule has 1 amide bonds. The molecule has 1 N–H and O–H groups in total. The summed E-state index contributed by atoms with van der Waals surface area (Å²) in [7, 11) is 5.05. The van der Waals surface area contributed by atoms with E-state index in [9.17, 15) is 4.79 Å². The minimum Gasteiger partial charge on any atom is -0.497 e. The molecule has 0 spiro atoms. The lowest BCUT2D eigenvalue weighted by Crippen LogP contribution is -2.30. The highest BCUT2D eigenvalue weighted by Crippen LogP contribution is 2.26. The highest BCUT2D eigenvalue weighted by atomic mass is 16.5. The van der Waals surface area contributed by atoms with E-state index in [1.807, 2.05) is 30.1 Å². The number of carbonyl (C=O) groups is 1. The third-order valence-electron chi connectivity index (χ3n) is 4.19. The Labute approximate surface area is 153 Å². The number of benzene rings is 3. The summed E-state index contributed by atoms with van der Waals surface area (Å²) in [5.41, 5.74) is 1.63. The number of hydrogen-bond donors (Lipinski definition) is 1. The van der Waals surface area contributed by atoms with Crippen LogP contribution in [0.25, 0.3) is 10.8 Å². The van der Waals surface area contributed by atoms with Crippen LogP contribution in [-0.2, 0) is 4.79 Å². The standard InChI is InChI=1S/C21H22N2O3/c1-23(18-9-8-15-6-4-5-7-16(15)10-18)14-21(24)22-17-11-19(25-2)13-20(12-17)26-3/h4-13H,14H2,1-3H3,(H,22,24). The first-order valence-corrected chi connectivity index (χ1v) is 8.32. The maximum Gasteiger partial charge on any atom is 0.243 e. The molecule has 0 aliphatic heterocycles. The number of nitrogens with zero attached hydrogens (tertiary/aromatic N) is 1. The zero-order valence-corrected chi connectivity index (χ0v) is 15.2. The lowest BCUT2D eigenvalue weighted by Gasteiger charge is -2.19. The Kier molecular flexibility index (Phi) is 5.27. The first-order chi connectivity index (χ1) is 12.6. The smallest absolute Gasteiger partial charge is 0.243 e. The van der Waals surface area contributed by atoms with E-state index in [0.717, 1.165) is 11.1 Å². The average Bonchev–Trinajstić information content (AvgIpc) is 2.67. The number of ether oxygens (including phenoxy) is 2. The maximum atomic E-state index is 12.4. The molecular weight excluding hydrogens is 328 g/mol. The first-order valence-electron chi connectivity index (χ1n) is 8.32. The van der Waals surface area contributed by atoms with Gasteiger partial charge in [0, 0.05) is 36.6 Å². The van der Waals surface area contributed by atoms with Crippen molar-refractivity contribution in [3.63, 3.8) is 0 Å². The SMILES string of the molecule is COc1cc(NC(=O)CN(C)c2ccc3ccccc3c2)cc(OC)c1. The van der Waals surface area contributed by atoms with Gasteiger partial charge < -0.3 is 19.7 Å². The summed E-state index contributed by atoms with van der Waals surface area (Å²) in [5, 5.41) is 5.21. The van der Waals surface area contributed by atoms with Crippen LogP contribution in [0.15, 0.2) is 60.7 Å². The van der Waals surface area contributed by atoms with Gasteiger partial charge in [-0.15, -0.1) is 0 Å². The number of hydrogen-bond acceptors (Lipinski definition) is 4. The number of rotatable bonds is 6. The largest absolute Gasteiger partial charge is 0.497 e. The number of carbonyl (C=O) groups excluding carboxylic acids is 1. The summed E-state index contributed by atoms with van der Waals surface area (Å²) in [4.78, 5) is 14.3. The summed E-state index contributed by atoms with van der Waals surface area (Å²) >= 11 is 0. The fourth-order valence-electron chi connectivity index (χ4n) is 2.80. The van der Waals surface area contributed by atoms with Crippen LogP contribution in [0.2, 0.25) is 0 Å². The van der Waals surface area contributed by atoms with Crippen molar-refractivity contribution < 1.29 is 14.3 Å². The zero-order chi connectivity index (χ0) is 18.5. The average molecular weight is 350 g/mol. The Balaban J connectivity index is 1.70. The van der Waals surface area contributed by atoms with E-state index < -0.39 is 0 Å². The van der Waals surface area contributed by atoms with Crippen molar-refractivity contribution in [1.29, 1.82) is 0 Å². The normalized spacial score (nSPS) is 10.4. The van der Waals surface area contributed by atoms with Crippen LogP contribution >= 0.6 is 0 Å². The van der Waals surface area contributed by atoms with Gasteiger partial charge in [-0.2, -0.15) is 0 Å². The van der Waals surface area contributed by atoms with Crippen LogP contribution in [0.1, 0.15) is 0 Å². The van der Waals surface area contributed by atoms with Gasteiger partial charge in [0.05, 0.1) is 20.8 Å². The molecule has 3 aromatic carbocycles. The van der Waals surface area contributed by atoms with Gasteiger partial charge in [-0.3, -0.25) is 4.79 Å². The van der Waals surface area contributed by atoms with Gasteiger partial charge in [-0.1, -0.05) is 30.3 Å². The third-order valence-corrected chi connectivity index (χ3v) is 4.19. The number of fused-ring (bicyclic) bond motifs is 1. The fourth-order valence-corrected chi connectivity index (χ4v) is 2.80. The minimum absolute atomic E-state index is 0.115. The molecular formula is C21H22N2O3. The van der Waals surface area contributed by atoms with E-state index in [1.165, 1.54) is 5.39 Å². The van der Waals surface area contributed by atoms with Crippen molar-refractivity contribution >= 4 is 28.1 Å². The highest BCUT2D eigenvalue weighted by Gasteiger charge is 2.10. The van der Waals surface area contributed by atoms with E-state index in [4.69, 9.17) is 9.47 Å². The first kappa shape index (κ1) is 17.6. The molecule has 5 nitrogen and oxygen atoms in total. The Morgan fingerprint density at radius 1 is 0.923 bits per heavy atom. The molecule has 0 heterocycles. The van der Waals surface area contributed by atoms with Crippen molar-refractivity contribution in [3.8, 4) is 11.5 Å². The third kappa shape index (κ3) is 4.06. The van der Waals surface area contributed by atoms with Gasteiger partial charge in [-0.25, -0.2) is 0 Å². The molecule has 0 bridgehead atoms. The van der Waals surface area contributed by atoms with E-state index in [1.54, 1.807) is 32.4 Å². The number of amides is 1. The molecule has 0 radical (unpaired) electrons. The minimum atomic E-state index is -0.115. The molecule has 0 saturated heterocycles. The van der Waals surface area contributed by atoms with Crippen LogP contribution in [0.5, 0.6) is 11.5 Å². The second-order valence-corrected chi connectivity index (χ2v) is 6.04. The highest BCUT2D eigenvalue weighted by molar-refractivity contribution is 5.95. The summed E-state index contributed by atoms with van der Waals surface area (Å²) in [6.45, 7) is 0.234. The van der Waals surface area contributed by atoms with Gasteiger partial charge in [0.25, 0.3) is 0 Å². The van der Waals surface area contributed by atoms with E-state index >= 15 is 0 Å². The predicted molar refractivity (Wildman–Crippen MR) is 105 cm³/mol. The summed E-state index contributed by atoms with van der Waals surface area (Å²) in [6, 6.07) is 19.6. The summed E-state index contributed by atoms with van der Waals surface area (Å²) < 4.78 is 10.5. The van der Waals surface area contributed by atoms with Gasteiger partial charge >= 0.3 is 0 Å². The van der Waals surface area contributed by atoms with E-state index in [0.29, 0.717) is 17.2 Å². The van der Waals surface area contributed by atoms with Crippen LogP contribution < -0.4 is 19.7 Å². The molecule has 5 heteroatoms. The molecule has 0 aliphatic carbocycles. The van der Waals surface area contributed by atoms with Gasteiger partial charge in [0.1, 0.15) is 11.5 Å². The van der Waals surface area contributed by atoms with Crippen molar-refractivity contribution in [2.45, 2.75) is 0 Å². The summed E-state index contributed by atoms with van der Waals surface area (Å²) in [6.07, 6.45) is 0. The molecule has 0 aliphatic rings. The lowest BCUT2D eigenvalue weighted by molar-refractivity contribution is -0.114. The molecule has 0 aromatic heterocycles. The maximum absolute atomic E-state index is 12.4. The monoisotopic (exact) mass is 350 g/mol.